The molecule has 21 heavy (non-hydrogen) atoms. The van der Waals surface area contributed by atoms with Crippen LogP contribution >= 0.6 is 0 Å². The predicted molar refractivity (Wildman–Crippen MR) is 84.3 cm³/mol. The number of sulfonamides is 1. The number of hydrogen-bond acceptors (Lipinski definition) is 3. The summed E-state index contributed by atoms with van der Waals surface area (Å²) in [6, 6.07) is 8.75. The molecule has 0 unspecified atom stereocenters. The Morgan fingerprint density at radius 2 is 1.52 bits per heavy atom. The molecule has 0 atom stereocenters. The van der Waals surface area contributed by atoms with Crippen LogP contribution in [0.25, 0.3) is 0 Å². The zero-order valence-corrected chi connectivity index (χ0v) is 13.2. The molecular formula is C16H24N2O2S. The van der Waals surface area contributed by atoms with Gasteiger partial charge in [0.15, 0.2) is 0 Å². The maximum atomic E-state index is 12.1. The molecule has 2 N–H and O–H groups in total. The van der Waals surface area contributed by atoms with Gasteiger partial charge >= 0.3 is 0 Å². The topological polar surface area (TPSA) is 58.2 Å². The molecule has 0 aliphatic heterocycles. The third-order valence-electron chi connectivity index (χ3n) is 4.25. The van der Waals surface area contributed by atoms with Crippen molar-refractivity contribution >= 4 is 10.0 Å². The predicted octanol–water partition coefficient (Wildman–Crippen LogP) is 2.30. The number of benzene rings is 1. The van der Waals surface area contributed by atoms with Gasteiger partial charge in [0.2, 0.25) is 10.0 Å². The lowest BCUT2D eigenvalue weighted by Crippen LogP contribution is -2.33. The molecule has 2 saturated carbocycles. The van der Waals surface area contributed by atoms with Gasteiger partial charge in [-0.05, 0) is 36.8 Å². The first-order valence-electron chi connectivity index (χ1n) is 7.92. The Morgan fingerprint density at radius 1 is 0.905 bits per heavy atom. The van der Waals surface area contributed by atoms with Crippen molar-refractivity contribution in [3.8, 4) is 0 Å². The van der Waals surface area contributed by atoms with E-state index in [1.165, 1.54) is 18.4 Å². The second-order valence-corrected chi connectivity index (χ2v) is 8.08. The smallest absolute Gasteiger partial charge is 0.216 e. The fourth-order valence-corrected chi connectivity index (χ4v) is 4.32. The van der Waals surface area contributed by atoms with Gasteiger partial charge in [-0.2, -0.15) is 0 Å². The maximum absolute atomic E-state index is 12.1. The second-order valence-electron chi connectivity index (χ2n) is 6.33. The van der Waals surface area contributed by atoms with Crippen LogP contribution in [0.4, 0.5) is 0 Å². The Morgan fingerprint density at radius 3 is 2.14 bits per heavy atom. The van der Waals surface area contributed by atoms with Gasteiger partial charge in [0.1, 0.15) is 0 Å². The van der Waals surface area contributed by atoms with Crippen LogP contribution in [-0.4, -0.2) is 20.5 Å². The Kier molecular flexibility index (Phi) is 4.62. The Balaban J connectivity index is 1.53. The summed E-state index contributed by atoms with van der Waals surface area (Å²) in [5, 5.41) is 3.46. The number of nitrogens with one attached hydrogen (secondary N) is 2. The summed E-state index contributed by atoms with van der Waals surface area (Å²) >= 11 is 0. The van der Waals surface area contributed by atoms with Crippen molar-refractivity contribution < 1.29 is 8.42 Å². The highest BCUT2D eigenvalue weighted by Crippen LogP contribution is 2.20. The first-order chi connectivity index (χ1) is 10.1. The van der Waals surface area contributed by atoms with Crippen LogP contribution in [0, 0.1) is 0 Å². The highest BCUT2D eigenvalue weighted by molar-refractivity contribution is 7.88. The van der Waals surface area contributed by atoms with E-state index < -0.39 is 10.0 Å². The van der Waals surface area contributed by atoms with Crippen molar-refractivity contribution in [2.24, 2.45) is 0 Å². The SMILES string of the molecule is O=S(=O)(Cc1ccc(CNC2CC2)cc1)NC1CCCC1. The van der Waals surface area contributed by atoms with Gasteiger partial charge in [0.05, 0.1) is 5.75 Å². The van der Waals surface area contributed by atoms with Crippen LogP contribution in [0.5, 0.6) is 0 Å². The molecule has 0 radical (unpaired) electrons. The molecule has 3 rings (SSSR count). The fourth-order valence-electron chi connectivity index (χ4n) is 2.86. The van der Waals surface area contributed by atoms with Crippen LogP contribution in [-0.2, 0) is 22.3 Å². The standard InChI is InChI=1S/C16H24N2O2S/c19-21(20,18-16-3-1-2-4-16)12-14-7-5-13(6-8-14)11-17-15-9-10-15/h5-8,15-18H,1-4,9-12H2. The third-order valence-corrected chi connectivity index (χ3v) is 5.66. The largest absolute Gasteiger partial charge is 0.310 e. The lowest BCUT2D eigenvalue weighted by atomic mass is 10.1. The molecule has 0 spiro atoms. The molecule has 0 bridgehead atoms. The van der Waals surface area contributed by atoms with Crippen molar-refractivity contribution in [2.45, 2.75) is 62.9 Å². The molecule has 0 heterocycles. The van der Waals surface area contributed by atoms with Gasteiger partial charge in [0.25, 0.3) is 0 Å². The third kappa shape index (κ3) is 4.80. The van der Waals surface area contributed by atoms with Crippen molar-refractivity contribution in [1.29, 1.82) is 0 Å². The van der Waals surface area contributed by atoms with Crippen molar-refractivity contribution in [3.05, 3.63) is 35.4 Å². The van der Waals surface area contributed by atoms with Crippen LogP contribution in [0.3, 0.4) is 0 Å². The zero-order valence-electron chi connectivity index (χ0n) is 12.3. The van der Waals surface area contributed by atoms with E-state index in [1.807, 2.05) is 24.3 Å². The van der Waals surface area contributed by atoms with Crippen LogP contribution in [0.1, 0.15) is 49.7 Å². The molecule has 1 aromatic rings. The van der Waals surface area contributed by atoms with Gasteiger partial charge in [0, 0.05) is 18.6 Å². The first-order valence-corrected chi connectivity index (χ1v) is 9.57. The summed E-state index contributed by atoms with van der Waals surface area (Å²) in [5.41, 5.74) is 2.07. The van der Waals surface area contributed by atoms with Crippen LogP contribution in [0.2, 0.25) is 0 Å². The van der Waals surface area contributed by atoms with E-state index in [2.05, 4.69) is 10.0 Å². The van der Waals surface area contributed by atoms with Gasteiger partial charge in [-0.15, -0.1) is 0 Å². The summed E-state index contributed by atoms with van der Waals surface area (Å²) < 4.78 is 27.1. The van der Waals surface area contributed by atoms with Crippen molar-refractivity contribution in [2.75, 3.05) is 0 Å². The van der Waals surface area contributed by atoms with E-state index in [0.717, 1.165) is 37.8 Å². The molecule has 5 heteroatoms. The van der Waals surface area contributed by atoms with Crippen molar-refractivity contribution in [1.82, 2.24) is 10.0 Å². The molecule has 0 amide bonds. The van der Waals surface area contributed by atoms with E-state index in [1.54, 1.807) is 0 Å². The monoisotopic (exact) mass is 308 g/mol. The summed E-state index contributed by atoms with van der Waals surface area (Å²) in [5.74, 6) is 0.0832. The van der Waals surface area contributed by atoms with Gasteiger partial charge in [-0.1, -0.05) is 37.1 Å². The Bertz CT molecular complexity index is 558. The van der Waals surface area contributed by atoms with E-state index in [4.69, 9.17) is 0 Å². The molecular weight excluding hydrogens is 284 g/mol. The van der Waals surface area contributed by atoms with E-state index in [0.29, 0.717) is 6.04 Å². The highest BCUT2D eigenvalue weighted by Gasteiger charge is 2.22. The number of hydrogen-bond donors (Lipinski definition) is 2. The summed E-state index contributed by atoms with van der Waals surface area (Å²) in [6.07, 6.45) is 6.79. The first kappa shape index (κ1) is 15.0. The van der Waals surface area contributed by atoms with Gasteiger partial charge in [-0.25, -0.2) is 13.1 Å². The zero-order chi connectivity index (χ0) is 14.7. The Labute approximate surface area is 127 Å². The van der Waals surface area contributed by atoms with Crippen LogP contribution in [0.15, 0.2) is 24.3 Å². The van der Waals surface area contributed by atoms with E-state index in [9.17, 15) is 8.42 Å². The number of rotatable bonds is 7. The average Bonchev–Trinajstić information content (AvgIpc) is 3.14. The summed E-state index contributed by atoms with van der Waals surface area (Å²) in [6.45, 7) is 0.873. The van der Waals surface area contributed by atoms with E-state index in [-0.39, 0.29) is 11.8 Å². The summed E-state index contributed by atoms with van der Waals surface area (Å²) in [4.78, 5) is 0. The van der Waals surface area contributed by atoms with Gasteiger partial charge < -0.3 is 5.32 Å². The molecule has 1 aromatic carbocycles. The minimum atomic E-state index is -3.21. The molecule has 0 saturated heterocycles. The minimum Gasteiger partial charge on any atom is -0.310 e. The Hall–Kier alpha value is -0.910. The second kappa shape index (κ2) is 6.46. The van der Waals surface area contributed by atoms with Crippen LogP contribution < -0.4 is 10.0 Å². The molecule has 116 valence electrons. The molecule has 4 nitrogen and oxygen atoms in total. The molecule has 2 aliphatic carbocycles. The van der Waals surface area contributed by atoms with Crippen molar-refractivity contribution in [3.63, 3.8) is 0 Å². The van der Waals surface area contributed by atoms with Gasteiger partial charge in [-0.3, -0.25) is 0 Å². The molecule has 2 fully saturated rings. The molecule has 0 aromatic heterocycles. The fraction of sp³-hybridized carbons (Fsp3) is 0.625. The maximum Gasteiger partial charge on any atom is 0.216 e. The summed E-state index contributed by atoms with van der Waals surface area (Å²) in [7, 11) is -3.21. The molecule has 2 aliphatic rings. The van der Waals surface area contributed by atoms with E-state index >= 15 is 0 Å². The lowest BCUT2D eigenvalue weighted by molar-refractivity contribution is 0.551. The average molecular weight is 308 g/mol. The normalized spacial score (nSPS) is 20.0. The highest BCUT2D eigenvalue weighted by atomic mass is 32.2. The quantitative estimate of drug-likeness (QED) is 0.812. The lowest BCUT2D eigenvalue weighted by Gasteiger charge is -2.12. The minimum absolute atomic E-state index is 0.0832.